The van der Waals surface area contributed by atoms with Crippen LogP contribution in [0.1, 0.15) is 21.5 Å². The van der Waals surface area contributed by atoms with E-state index < -0.39 is 5.97 Å². The number of aromatic carboxylic acids is 1. The van der Waals surface area contributed by atoms with Gasteiger partial charge in [0.1, 0.15) is 17.9 Å². The molecule has 152 valence electrons. The van der Waals surface area contributed by atoms with Gasteiger partial charge < -0.3 is 22.1 Å². The van der Waals surface area contributed by atoms with Crippen molar-refractivity contribution in [2.24, 2.45) is 0 Å². The highest BCUT2D eigenvalue weighted by atomic mass is 79.9. The van der Waals surface area contributed by atoms with Crippen molar-refractivity contribution >= 4 is 28.1 Å². The topological polar surface area (TPSA) is 53.2 Å². The highest BCUT2D eigenvalue weighted by molar-refractivity contribution is 7.13. The molecule has 0 saturated heterocycles. The van der Waals surface area contributed by atoms with Crippen molar-refractivity contribution in [1.29, 1.82) is 0 Å². The number of nitrogens with zero attached hydrogens (tertiary/aromatic N) is 1. The molecule has 0 atom stereocenters. The lowest BCUT2D eigenvalue weighted by Gasteiger charge is -2.07. The summed E-state index contributed by atoms with van der Waals surface area (Å²) in [6, 6.07) is 25.7. The SMILES string of the molecule is Cc1ccc(-c2csc(Nc3ccc(C(=O)O)cc3)[n+]2Cc2ccccc2)cc1.[Br-]. The lowest BCUT2D eigenvalue weighted by atomic mass is 10.1. The minimum atomic E-state index is -0.923. The third-order valence-corrected chi connectivity index (χ3v) is 5.62. The molecule has 0 amide bonds. The molecule has 3 aromatic carbocycles. The molecular formula is C24H21BrN2O2S. The first-order chi connectivity index (χ1) is 14.1. The van der Waals surface area contributed by atoms with Crippen molar-refractivity contribution in [3.63, 3.8) is 0 Å². The highest BCUT2D eigenvalue weighted by Crippen LogP contribution is 2.26. The summed E-state index contributed by atoms with van der Waals surface area (Å²) in [5.41, 5.74) is 5.89. The molecule has 0 aliphatic carbocycles. The largest absolute Gasteiger partial charge is 1.00 e. The molecule has 0 fully saturated rings. The minimum absolute atomic E-state index is 0. The number of anilines is 2. The second-order valence-corrected chi connectivity index (χ2v) is 7.73. The predicted octanol–water partition coefficient (Wildman–Crippen LogP) is 2.51. The Labute approximate surface area is 190 Å². The fourth-order valence-electron chi connectivity index (χ4n) is 3.14. The van der Waals surface area contributed by atoms with Crippen molar-refractivity contribution < 1.29 is 31.4 Å². The average Bonchev–Trinajstić information content (AvgIpc) is 3.12. The number of benzene rings is 3. The lowest BCUT2D eigenvalue weighted by molar-refractivity contribution is -0.659. The molecule has 4 nitrogen and oxygen atoms in total. The van der Waals surface area contributed by atoms with E-state index in [1.54, 1.807) is 35.6 Å². The van der Waals surface area contributed by atoms with Crippen LogP contribution >= 0.6 is 11.3 Å². The molecule has 4 rings (SSSR count). The summed E-state index contributed by atoms with van der Waals surface area (Å²) in [4.78, 5) is 11.1. The Bertz CT molecular complexity index is 1120. The smallest absolute Gasteiger partial charge is 0.339 e. The second-order valence-electron chi connectivity index (χ2n) is 6.87. The first-order valence-electron chi connectivity index (χ1n) is 9.33. The Hall–Kier alpha value is -2.96. The lowest BCUT2D eigenvalue weighted by Crippen LogP contribution is -3.00. The van der Waals surface area contributed by atoms with E-state index in [1.807, 2.05) is 18.2 Å². The van der Waals surface area contributed by atoms with Gasteiger partial charge in [0.15, 0.2) is 0 Å². The van der Waals surface area contributed by atoms with E-state index in [2.05, 4.69) is 58.6 Å². The summed E-state index contributed by atoms with van der Waals surface area (Å²) in [5, 5.41) is 15.7. The maximum atomic E-state index is 11.1. The molecule has 6 heteroatoms. The molecule has 0 radical (unpaired) electrons. The van der Waals surface area contributed by atoms with E-state index in [-0.39, 0.29) is 22.5 Å². The molecule has 1 aromatic heterocycles. The standard InChI is InChI=1S/C24H20N2O2S.BrH/c1-17-7-9-19(10-8-17)22-16-29-24(26(22)15-18-5-3-2-4-6-18)25-21-13-11-20(12-14-21)23(27)28;/h2-14,16H,15H2,1H3,(H,27,28);1H. The van der Waals surface area contributed by atoms with Crippen LogP contribution in [0.5, 0.6) is 0 Å². The number of hydrogen-bond acceptors (Lipinski definition) is 3. The van der Waals surface area contributed by atoms with Crippen molar-refractivity contribution in [3.05, 3.63) is 101 Å². The van der Waals surface area contributed by atoms with Crippen LogP contribution in [0.3, 0.4) is 0 Å². The molecule has 0 spiro atoms. The summed E-state index contributed by atoms with van der Waals surface area (Å²) >= 11 is 1.64. The normalized spacial score (nSPS) is 10.3. The maximum Gasteiger partial charge on any atom is 0.339 e. The number of carboxylic acids is 1. The van der Waals surface area contributed by atoms with Crippen LogP contribution in [0.4, 0.5) is 10.8 Å². The third-order valence-electron chi connectivity index (χ3n) is 4.73. The number of aromatic nitrogens is 1. The number of hydrogen-bond donors (Lipinski definition) is 2. The molecule has 1 heterocycles. The Morgan fingerprint density at radius 2 is 1.63 bits per heavy atom. The van der Waals surface area contributed by atoms with Crippen molar-refractivity contribution in [2.75, 3.05) is 5.32 Å². The van der Waals surface area contributed by atoms with E-state index >= 15 is 0 Å². The van der Waals surface area contributed by atoms with Crippen LogP contribution in [0.25, 0.3) is 11.3 Å². The fraction of sp³-hybridized carbons (Fsp3) is 0.0833. The first kappa shape index (κ1) is 21.7. The summed E-state index contributed by atoms with van der Waals surface area (Å²) in [6.07, 6.45) is 0. The number of thiazole rings is 1. The van der Waals surface area contributed by atoms with Crippen LogP contribution in [0, 0.1) is 6.92 Å². The van der Waals surface area contributed by atoms with Crippen LogP contribution in [0.2, 0.25) is 0 Å². The van der Waals surface area contributed by atoms with Gasteiger partial charge in [0.25, 0.3) is 0 Å². The van der Waals surface area contributed by atoms with Gasteiger partial charge >= 0.3 is 11.1 Å². The Kier molecular flexibility index (Phi) is 7.03. The van der Waals surface area contributed by atoms with Crippen molar-refractivity contribution in [3.8, 4) is 11.3 Å². The zero-order chi connectivity index (χ0) is 20.2. The molecule has 30 heavy (non-hydrogen) atoms. The quantitative estimate of drug-likeness (QED) is 0.417. The van der Waals surface area contributed by atoms with Gasteiger partial charge in [-0.2, -0.15) is 0 Å². The molecule has 0 bridgehead atoms. The van der Waals surface area contributed by atoms with Gasteiger partial charge in [0, 0.05) is 10.9 Å². The van der Waals surface area contributed by atoms with E-state index in [0.717, 1.165) is 28.6 Å². The van der Waals surface area contributed by atoms with E-state index in [4.69, 9.17) is 5.11 Å². The van der Waals surface area contributed by atoms with Gasteiger partial charge in [-0.05, 0) is 36.8 Å². The summed E-state index contributed by atoms with van der Waals surface area (Å²) in [7, 11) is 0. The predicted molar refractivity (Wildman–Crippen MR) is 117 cm³/mol. The van der Waals surface area contributed by atoms with Crippen LogP contribution in [-0.4, -0.2) is 11.1 Å². The van der Waals surface area contributed by atoms with Gasteiger partial charge in [0.2, 0.25) is 0 Å². The first-order valence-corrected chi connectivity index (χ1v) is 10.2. The molecule has 0 aliphatic heterocycles. The van der Waals surface area contributed by atoms with Gasteiger partial charge in [-0.3, -0.25) is 0 Å². The Morgan fingerprint density at radius 1 is 0.967 bits per heavy atom. The number of halogens is 1. The van der Waals surface area contributed by atoms with E-state index in [1.165, 1.54) is 11.1 Å². The Balaban J connectivity index is 0.00000256. The van der Waals surface area contributed by atoms with Crippen molar-refractivity contribution in [2.45, 2.75) is 13.5 Å². The summed E-state index contributed by atoms with van der Waals surface area (Å²) in [5.74, 6) is -0.923. The van der Waals surface area contributed by atoms with Crippen molar-refractivity contribution in [1.82, 2.24) is 0 Å². The molecular weight excluding hydrogens is 460 g/mol. The Morgan fingerprint density at radius 3 is 2.27 bits per heavy atom. The van der Waals surface area contributed by atoms with Crippen LogP contribution < -0.4 is 26.9 Å². The number of carbonyl (C=O) groups is 1. The van der Waals surface area contributed by atoms with Gasteiger partial charge in [-0.1, -0.05) is 71.5 Å². The number of carboxylic acid groups (broad SMARTS) is 1. The summed E-state index contributed by atoms with van der Waals surface area (Å²) < 4.78 is 2.26. The van der Waals surface area contributed by atoms with Crippen LogP contribution in [-0.2, 0) is 6.54 Å². The molecule has 2 N–H and O–H groups in total. The highest BCUT2D eigenvalue weighted by Gasteiger charge is 2.20. The summed E-state index contributed by atoms with van der Waals surface area (Å²) in [6.45, 7) is 2.83. The molecule has 4 aromatic rings. The minimum Gasteiger partial charge on any atom is -1.00 e. The number of rotatable bonds is 6. The number of nitrogens with one attached hydrogen (secondary N) is 1. The fourth-order valence-corrected chi connectivity index (χ4v) is 4.09. The molecule has 0 unspecified atom stereocenters. The van der Waals surface area contributed by atoms with Gasteiger partial charge in [0.05, 0.1) is 5.56 Å². The van der Waals surface area contributed by atoms with E-state index in [9.17, 15) is 4.79 Å². The zero-order valence-corrected chi connectivity index (χ0v) is 18.8. The monoisotopic (exact) mass is 480 g/mol. The molecule has 0 aliphatic rings. The maximum absolute atomic E-state index is 11.1. The zero-order valence-electron chi connectivity index (χ0n) is 16.4. The molecule has 0 saturated carbocycles. The van der Waals surface area contributed by atoms with Gasteiger partial charge in [-0.25, -0.2) is 14.7 Å². The second kappa shape index (κ2) is 9.69. The average molecular weight is 481 g/mol. The van der Waals surface area contributed by atoms with Gasteiger partial charge in [-0.15, -0.1) is 0 Å². The van der Waals surface area contributed by atoms with Crippen LogP contribution in [0.15, 0.2) is 84.2 Å². The number of aryl methyl sites for hydroxylation is 1. The third kappa shape index (κ3) is 4.96. The van der Waals surface area contributed by atoms with E-state index in [0.29, 0.717) is 0 Å².